The van der Waals surface area contributed by atoms with Crippen LogP contribution in [0.2, 0.25) is 0 Å². The Hall–Kier alpha value is -0.960. The van der Waals surface area contributed by atoms with Crippen LogP contribution in [0, 0.1) is 13.8 Å². The molecule has 1 unspecified atom stereocenters. The lowest BCUT2D eigenvalue weighted by atomic mass is 10.1. The van der Waals surface area contributed by atoms with Crippen LogP contribution >= 0.6 is 0 Å². The van der Waals surface area contributed by atoms with Crippen molar-refractivity contribution in [1.82, 2.24) is 15.3 Å². The van der Waals surface area contributed by atoms with Crippen LogP contribution in [-0.4, -0.2) is 22.6 Å². The summed E-state index contributed by atoms with van der Waals surface area (Å²) in [4.78, 5) is 9.36. The molecule has 0 spiro atoms. The van der Waals surface area contributed by atoms with E-state index in [1.165, 1.54) is 18.4 Å². The number of hydrogen-bond donors (Lipinski definition) is 1. The molecule has 1 aliphatic carbocycles. The molecule has 0 aliphatic heterocycles. The van der Waals surface area contributed by atoms with Crippen molar-refractivity contribution < 1.29 is 0 Å². The van der Waals surface area contributed by atoms with Crippen molar-refractivity contribution in [2.75, 3.05) is 6.54 Å². The van der Waals surface area contributed by atoms with Crippen LogP contribution in [0.1, 0.15) is 61.8 Å². The smallest absolute Gasteiger partial charge is 0.131 e. The number of aromatic nitrogens is 2. The highest BCUT2D eigenvalue weighted by atomic mass is 14.9. The van der Waals surface area contributed by atoms with E-state index in [0.717, 1.165) is 42.6 Å². The maximum absolute atomic E-state index is 4.68. The Balaban J connectivity index is 2.04. The van der Waals surface area contributed by atoms with E-state index in [9.17, 15) is 0 Å². The van der Waals surface area contributed by atoms with Gasteiger partial charge < -0.3 is 5.32 Å². The van der Waals surface area contributed by atoms with Gasteiger partial charge in [0.05, 0.1) is 0 Å². The molecule has 3 nitrogen and oxygen atoms in total. The van der Waals surface area contributed by atoms with E-state index in [2.05, 4.69) is 43.0 Å². The van der Waals surface area contributed by atoms with Crippen molar-refractivity contribution >= 4 is 0 Å². The van der Waals surface area contributed by atoms with Gasteiger partial charge in [-0.15, -0.1) is 0 Å². The fraction of sp³-hybridized carbons (Fsp3) is 0.733. The Morgan fingerprint density at radius 3 is 2.33 bits per heavy atom. The molecule has 0 amide bonds. The standard InChI is InChI=1S/C15H25N3/c1-5-10(2)15-17-11(3)14(12(4)18-15)8-9-16-13-6-7-13/h10,13,16H,5-9H2,1-4H3. The highest BCUT2D eigenvalue weighted by Crippen LogP contribution is 2.20. The summed E-state index contributed by atoms with van der Waals surface area (Å²) >= 11 is 0. The lowest BCUT2D eigenvalue weighted by Crippen LogP contribution is -2.20. The minimum absolute atomic E-state index is 0.459. The molecule has 0 saturated heterocycles. The Morgan fingerprint density at radius 2 is 1.83 bits per heavy atom. The molecule has 1 fully saturated rings. The fourth-order valence-corrected chi connectivity index (χ4v) is 2.22. The van der Waals surface area contributed by atoms with Gasteiger partial charge in [0.2, 0.25) is 0 Å². The summed E-state index contributed by atoms with van der Waals surface area (Å²) in [7, 11) is 0. The summed E-state index contributed by atoms with van der Waals surface area (Å²) in [5, 5.41) is 3.55. The summed E-state index contributed by atoms with van der Waals surface area (Å²) in [5.41, 5.74) is 3.65. The first kappa shape index (κ1) is 13.5. The van der Waals surface area contributed by atoms with Crippen LogP contribution in [0.25, 0.3) is 0 Å². The first-order chi connectivity index (χ1) is 8.61. The molecular formula is C15H25N3. The zero-order valence-corrected chi connectivity index (χ0v) is 12.1. The van der Waals surface area contributed by atoms with Gasteiger partial charge in [-0.2, -0.15) is 0 Å². The molecule has 0 bridgehead atoms. The van der Waals surface area contributed by atoms with Gasteiger partial charge in [0, 0.05) is 23.3 Å². The highest BCUT2D eigenvalue weighted by molar-refractivity contribution is 5.25. The van der Waals surface area contributed by atoms with Gasteiger partial charge in [-0.05, 0) is 51.6 Å². The van der Waals surface area contributed by atoms with Gasteiger partial charge in [-0.1, -0.05) is 13.8 Å². The highest BCUT2D eigenvalue weighted by Gasteiger charge is 2.20. The van der Waals surface area contributed by atoms with Gasteiger partial charge in [0.25, 0.3) is 0 Å². The molecule has 3 heteroatoms. The quantitative estimate of drug-likeness (QED) is 0.840. The molecule has 18 heavy (non-hydrogen) atoms. The summed E-state index contributed by atoms with van der Waals surface area (Å²) < 4.78 is 0. The molecule has 1 aromatic heterocycles. The Bertz CT molecular complexity index is 387. The lowest BCUT2D eigenvalue weighted by Gasteiger charge is -2.14. The summed E-state index contributed by atoms with van der Waals surface area (Å²) in [5.74, 6) is 1.47. The van der Waals surface area contributed by atoms with Crippen molar-refractivity contribution in [2.24, 2.45) is 0 Å². The van der Waals surface area contributed by atoms with Crippen LogP contribution in [-0.2, 0) is 6.42 Å². The molecular weight excluding hydrogens is 222 g/mol. The molecule has 1 N–H and O–H groups in total. The molecule has 1 heterocycles. The monoisotopic (exact) mass is 247 g/mol. The Labute approximate surface area is 110 Å². The number of hydrogen-bond acceptors (Lipinski definition) is 3. The predicted octanol–water partition coefficient (Wildman–Crippen LogP) is 2.90. The predicted molar refractivity (Wildman–Crippen MR) is 74.9 cm³/mol. The minimum Gasteiger partial charge on any atom is -0.314 e. The van der Waals surface area contributed by atoms with E-state index < -0.39 is 0 Å². The van der Waals surface area contributed by atoms with Crippen molar-refractivity contribution in [2.45, 2.75) is 65.3 Å². The number of nitrogens with one attached hydrogen (secondary N) is 1. The second kappa shape index (κ2) is 5.79. The third-order valence-electron chi connectivity index (χ3n) is 3.88. The average Bonchev–Trinajstić information content (AvgIpc) is 3.15. The number of rotatable bonds is 6. The first-order valence-electron chi connectivity index (χ1n) is 7.19. The minimum atomic E-state index is 0.459. The van der Waals surface area contributed by atoms with Crippen molar-refractivity contribution in [1.29, 1.82) is 0 Å². The van der Waals surface area contributed by atoms with E-state index in [1.54, 1.807) is 0 Å². The van der Waals surface area contributed by atoms with Crippen molar-refractivity contribution in [3.8, 4) is 0 Å². The molecule has 1 saturated carbocycles. The molecule has 0 aromatic carbocycles. The van der Waals surface area contributed by atoms with Gasteiger partial charge in [0.1, 0.15) is 5.82 Å². The van der Waals surface area contributed by atoms with E-state index in [1.807, 2.05) is 0 Å². The van der Waals surface area contributed by atoms with Crippen LogP contribution in [0.3, 0.4) is 0 Å². The largest absolute Gasteiger partial charge is 0.314 e. The van der Waals surface area contributed by atoms with E-state index >= 15 is 0 Å². The van der Waals surface area contributed by atoms with Gasteiger partial charge >= 0.3 is 0 Å². The van der Waals surface area contributed by atoms with Crippen LogP contribution < -0.4 is 5.32 Å². The molecule has 1 atom stereocenters. The van der Waals surface area contributed by atoms with Crippen LogP contribution in [0.15, 0.2) is 0 Å². The summed E-state index contributed by atoms with van der Waals surface area (Å²) in [6, 6.07) is 0.783. The normalized spacial score (nSPS) is 16.9. The van der Waals surface area contributed by atoms with Gasteiger partial charge in [0.15, 0.2) is 0 Å². The lowest BCUT2D eigenvalue weighted by molar-refractivity contribution is 0.651. The molecule has 100 valence electrons. The van der Waals surface area contributed by atoms with Crippen molar-refractivity contribution in [3.05, 3.63) is 22.8 Å². The second-order valence-electron chi connectivity index (χ2n) is 5.52. The summed E-state index contributed by atoms with van der Waals surface area (Å²) in [6.45, 7) is 9.67. The number of aryl methyl sites for hydroxylation is 2. The van der Waals surface area contributed by atoms with Crippen LogP contribution in [0.5, 0.6) is 0 Å². The Morgan fingerprint density at radius 1 is 1.22 bits per heavy atom. The zero-order chi connectivity index (χ0) is 13.1. The number of nitrogens with zero attached hydrogens (tertiary/aromatic N) is 2. The first-order valence-corrected chi connectivity index (χ1v) is 7.19. The second-order valence-corrected chi connectivity index (χ2v) is 5.52. The SMILES string of the molecule is CCC(C)c1nc(C)c(CCNC2CC2)c(C)n1. The average molecular weight is 247 g/mol. The zero-order valence-electron chi connectivity index (χ0n) is 12.1. The molecule has 2 rings (SSSR count). The maximum Gasteiger partial charge on any atom is 0.131 e. The topological polar surface area (TPSA) is 37.8 Å². The molecule has 1 aliphatic rings. The molecule has 0 radical (unpaired) electrons. The molecule has 1 aromatic rings. The Kier molecular flexibility index (Phi) is 4.33. The maximum atomic E-state index is 4.68. The van der Waals surface area contributed by atoms with Gasteiger partial charge in [-0.3, -0.25) is 0 Å². The van der Waals surface area contributed by atoms with E-state index in [0.29, 0.717) is 5.92 Å². The third kappa shape index (κ3) is 3.29. The van der Waals surface area contributed by atoms with E-state index in [-0.39, 0.29) is 0 Å². The van der Waals surface area contributed by atoms with Gasteiger partial charge in [-0.25, -0.2) is 9.97 Å². The third-order valence-corrected chi connectivity index (χ3v) is 3.88. The fourth-order valence-electron chi connectivity index (χ4n) is 2.22. The van der Waals surface area contributed by atoms with E-state index in [4.69, 9.17) is 0 Å². The van der Waals surface area contributed by atoms with Crippen molar-refractivity contribution in [3.63, 3.8) is 0 Å². The summed E-state index contributed by atoms with van der Waals surface area (Å²) in [6.07, 6.45) is 4.85. The van der Waals surface area contributed by atoms with Crippen LogP contribution in [0.4, 0.5) is 0 Å².